The number of aromatic nitrogens is 1. The second kappa shape index (κ2) is 9.45. The van der Waals surface area contributed by atoms with Crippen LogP contribution in [0, 0.1) is 0 Å². The third-order valence-corrected chi connectivity index (χ3v) is 4.60. The van der Waals surface area contributed by atoms with Crippen molar-refractivity contribution in [3.63, 3.8) is 0 Å². The first kappa shape index (κ1) is 20.2. The molecule has 0 saturated carbocycles. The normalized spacial score (nSPS) is 16.8. The number of thiazole rings is 1. The maximum atomic E-state index is 12.2. The van der Waals surface area contributed by atoms with E-state index in [4.69, 9.17) is 11.6 Å². The van der Waals surface area contributed by atoms with E-state index in [1.807, 2.05) is 24.3 Å². The fraction of sp³-hybridized carbons (Fsp3) is 0.333. The predicted molar refractivity (Wildman–Crippen MR) is 100 cm³/mol. The van der Waals surface area contributed by atoms with Gasteiger partial charge in [0.2, 0.25) is 0 Å². The van der Waals surface area contributed by atoms with Gasteiger partial charge in [-0.15, -0.1) is 36.2 Å². The van der Waals surface area contributed by atoms with Crippen molar-refractivity contribution in [1.82, 2.24) is 15.6 Å². The summed E-state index contributed by atoms with van der Waals surface area (Å²) >= 11 is 7.34. The lowest BCUT2D eigenvalue weighted by Crippen LogP contribution is -2.45. The summed E-state index contributed by atoms with van der Waals surface area (Å²) in [5.41, 5.74) is 1.46. The molecule has 0 aliphatic carbocycles. The molecule has 1 fully saturated rings. The molecule has 126 valence electrons. The number of hydrogen-bond acceptors (Lipinski definition) is 4. The average molecular weight is 395 g/mol. The van der Waals surface area contributed by atoms with Crippen molar-refractivity contribution in [3.05, 3.63) is 40.4 Å². The van der Waals surface area contributed by atoms with Gasteiger partial charge in [0, 0.05) is 28.6 Å². The van der Waals surface area contributed by atoms with Crippen LogP contribution in [0.25, 0.3) is 10.6 Å². The highest BCUT2D eigenvalue weighted by atomic mass is 35.5. The predicted octanol–water partition coefficient (Wildman–Crippen LogP) is 3.79. The number of nitrogens with zero attached hydrogens (tertiary/aromatic N) is 1. The highest BCUT2D eigenvalue weighted by Gasteiger charge is 2.18. The highest BCUT2D eigenvalue weighted by Crippen LogP contribution is 2.25. The van der Waals surface area contributed by atoms with Gasteiger partial charge in [-0.25, -0.2) is 4.98 Å². The van der Waals surface area contributed by atoms with Crippen LogP contribution in [0.1, 0.15) is 23.3 Å². The molecule has 2 N–H and O–H groups in total. The quantitative estimate of drug-likeness (QED) is 0.833. The summed E-state index contributed by atoms with van der Waals surface area (Å²) in [6.45, 7) is 1.86. The van der Waals surface area contributed by atoms with Gasteiger partial charge < -0.3 is 10.6 Å². The Morgan fingerprint density at radius 1 is 1.30 bits per heavy atom. The summed E-state index contributed by atoms with van der Waals surface area (Å²) in [7, 11) is 0. The second-order valence-corrected chi connectivity index (χ2v) is 6.36. The highest BCUT2D eigenvalue weighted by molar-refractivity contribution is 7.13. The number of rotatable bonds is 3. The third kappa shape index (κ3) is 5.33. The van der Waals surface area contributed by atoms with E-state index < -0.39 is 0 Å². The molecule has 2 heterocycles. The molecule has 1 unspecified atom stereocenters. The van der Waals surface area contributed by atoms with Crippen molar-refractivity contribution in [2.75, 3.05) is 13.1 Å². The number of nitrogens with one attached hydrogen (secondary N) is 2. The molecule has 0 radical (unpaired) electrons. The molecule has 1 aromatic heterocycles. The Balaban J connectivity index is 0.00000132. The van der Waals surface area contributed by atoms with Crippen LogP contribution in [0.2, 0.25) is 5.02 Å². The summed E-state index contributed by atoms with van der Waals surface area (Å²) in [5.74, 6) is -0.0971. The average Bonchev–Trinajstić information content (AvgIpc) is 2.99. The molecule has 8 heteroatoms. The SMILES string of the molecule is Cl.Cl.O=C(NC1CCCNC1)c1csc(-c2ccc(Cl)cc2)n1. The van der Waals surface area contributed by atoms with Crippen LogP contribution in [0.5, 0.6) is 0 Å². The van der Waals surface area contributed by atoms with Gasteiger partial charge in [0.15, 0.2) is 0 Å². The molecule has 2 aromatic rings. The van der Waals surface area contributed by atoms with E-state index in [-0.39, 0.29) is 36.8 Å². The van der Waals surface area contributed by atoms with Crippen molar-refractivity contribution in [1.29, 1.82) is 0 Å². The molecule has 1 aliphatic heterocycles. The van der Waals surface area contributed by atoms with Gasteiger partial charge in [-0.05, 0) is 31.5 Å². The first-order valence-electron chi connectivity index (χ1n) is 6.95. The molecule has 1 saturated heterocycles. The van der Waals surface area contributed by atoms with Gasteiger partial charge in [-0.3, -0.25) is 4.79 Å². The van der Waals surface area contributed by atoms with Crippen LogP contribution in [0.4, 0.5) is 0 Å². The molecule has 0 spiro atoms. The number of hydrogen-bond donors (Lipinski definition) is 2. The zero-order valence-electron chi connectivity index (χ0n) is 12.3. The number of amides is 1. The zero-order valence-corrected chi connectivity index (χ0v) is 15.5. The monoisotopic (exact) mass is 393 g/mol. The Bertz CT molecular complexity index is 627. The van der Waals surface area contributed by atoms with Crippen molar-refractivity contribution >= 4 is 53.7 Å². The number of piperidine rings is 1. The third-order valence-electron chi connectivity index (χ3n) is 3.46. The van der Waals surface area contributed by atoms with Crippen molar-refractivity contribution in [3.8, 4) is 10.6 Å². The first-order valence-corrected chi connectivity index (χ1v) is 8.21. The van der Waals surface area contributed by atoms with E-state index >= 15 is 0 Å². The topological polar surface area (TPSA) is 54.0 Å². The lowest BCUT2D eigenvalue weighted by Gasteiger charge is -2.23. The van der Waals surface area contributed by atoms with Crippen LogP contribution in [0.3, 0.4) is 0 Å². The number of halogens is 3. The lowest BCUT2D eigenvalue weighted by atomic mass is 10.1. The van der Waals surface area contributed by atoms with E-state index in [0.717, 1.165) is 36.5 Å². The fourth-order valence-corrected chi connectivity index (χ4v) is 3.27. The lowest BCUT2D eigenvalue weighted by molar-refractivity contribution is 0.0926. The van der Waals surface area contributed by atoms with Crippen molar-refractivity contribution < 1.29 is 4.79 Å². The fourth-order valence-electron chi connectivity index (χ4n) is 2.34. The van der Waals surface area contributed by atoms with Gasteiger partial charge in [0.05, 0.1) is 0 Å². The van der Waals surface area contributed by atoms with E-state index in [1.165, 1.54) is 11.3 Å². The van der Waals surface area contributed by atoms with Crippen LogP contribution >= 0.6 is 47.8 Å². The van der Waals surface area contributed by atoms with E-state index in [2.05, 4.69) is 15.6 Å². The van der Waals surface area contributed by atoms with Crippen LogP contribution in [-0.2, 0) is 0 Å². The molecule has 1 amide bonds. The smallest absolute Gasteiger partial charge is 0.271 e. The number of carbonyl (C=O) groups is 1. The molecule has 1 atom stereocenters. The molecule has 0 bridgehead atoms. The zero-order chi connectivity index (χ0) is 14.7. The van der Waals surface area contributed by atoms with Gasteiger partial charge >= 0.3 is 0 Å². The molecule has 1 aromatic carbocycles. The summed E-state index contributed by atoms with van der Waals surface area (Å²) in [5, 5.41) is 9.64. The number of benzene rings is 1. The Morgan fingerprint density at radius 3 is 2.70 bits per heavy atom. The summed E-state index contributed by atoms with van der Waals surface area (Å²) in [6, 6.07) is 7.67. The minimum absolute atomic E-state index is 0. The first-order chi connectivity index (χ1) is 10.2. The van der Waals surface area contributed by atoms with Crippen molar-refractivity contribution in [2.24, 2.45) is 0 Å². The Labute approximate surface area is 156 Å². The summed E-state index contributed by atoms with van der Waals surface area (Å²) in [6.07, 6.45) is 2.12. The number of carbonyl (C=O) groups excluding carboxylic acids is 1. The van der Waals surface area contributed by atoms with E-state index in [0.29, 0.717) is 10.7 Å². The summed E-state index contributed by atoms with van der Waals surface area (Å²) in [4.78, 5) is 16.6. The molecule has 23 heavy (non-hydrogen) atoms. The van der Waals surface area contributed by atoms with Crippen LogP contribution in [-0.4, -0.2) is 30.0 Å². The van der Waals surface area contributed by atoms with E-state index in [1.54, 1.807) is 5.38 Å². The Hall–Kier alpha value is -0.850. The Morgan fingerprint density at radius 2 is 2.04 bits per heavy atom. The molecular formula is C15H18Cl3N3OS. The largest absolute Gasteiger partial charge is 0.347 e. The van der Waals surface area contributed by atoms with Gasteiger partial charge in [0.1, 0.15) is 10.7 Å². The van der Waals surface area contributed by atoms with Gasteiger partial charge in [-0.1, -0.05) is 23.7 Å². The maximum Gasteiger partial charge on any atom is 0.271 e. The minimum Gasteiger partial charge on any atom is -0.347 e. The van der Waals surface area contributed by atoms with E-state index in [9.17, 15) is 4.79 Å². The standard InChI is InChI=1S/C15H16ClN3OS.2ClH/c16-11-5-3-10(4-6-11)15-19-13(9-21-15)14(20)18-12-2-1-7-17-8-12;;/h3-6,9,12,17H,1-2,7-8H2,(H,18,20);2*1H. The van der Waals surface area contributed by atoms with Gasteiger partial charge in [-0.2, -0.15) is 0 Å². The molecular weight excluding hydrogens is 377 g/mol. The maximum absolute atomic E-state index is 12.2. The van der Waals surface area contributed by atoms with Crippen LogP contribution in [0.15, 0.2) is 29.6 Å². The van der Waals surface area contributed by atoms with Crippen molar-refractivity contribution in [2.45, 2.75) is 18.9 Å². The summed E-state index contributed by atoms with van der Waals surface area (Å²) < 4.78 is 0. The van der Waals surface area contributed by atoms with Crippen LogP contribution < -0.4 is 10.6 Å². The Kier molecular flexibility index (Phi) is 8.29. The molecule has 3 rings (SSSR count). The second-order valence-electron chi connectivity index (χ2n) is 5.06. The molecule has 1 aliphatic rings. The van der Waals surface area contributed by atoms with Gasteiger partial charge in [0.25, 0.3) is 5.91 Å². The molecule has 4 nitrogen and oxygen atoms in total. The minimum atomic E-state index is -0.0971.